The lowest BCUT2D eigenvalue weighted by atomic mass is 10.0. The first kappa shape index (κ1) is 16.8. The minimum Gasteiger partial charge on any atom is -0.376 e. The number of anilines is 2. The lowest BCUT2D eigenvalue weighted by molar-refractivity contribution is 0.119. The topological polar surface area (TPSA) is 79.4 Å². The smallest absolute Gasteiger partial charge is 0.319 e. The summed E-state index contributed by atoms with van der Waals surface area (Å²) in [6.07, 6.45) is 3.29. The number of aromatic nitrogens is 2. The zero-order valence-corrected chi connectivity index (χ0v) is 14.8. The predicted octanol–water partition coefficient (Wildman–Crippen LogP) is 2.51. The van der Waals surface area contributed by atoms with Crippen molar-refractivity contribution in [1.29, 1.82) is 0 Å². The molecule has 1 aromatic heterocycles. The number of fused-ring (bicyclic) bond motifs is 2. The molecule has 0 spiro atoms. The summed E-state index contributed by atoms with van der Waals surface area (Å²) in [7, 11) is 0. The van der Waals surface area contributed by atoms with Crippen molar-refractivity contribution in [3.05, 3.63) is 36.5 Å². The Hall–Kier alpha value is -2.67. The molecule has 0 radical (unpaired) electrons. The van der Waals surface area contributed by atoms with Crippen molar-refractivity contribution >= 4 is 17.5 Å². The average Bonchev–Trinajstić information content (AvgIpc) is 3.00. The zero-order chi connectivity index (χ0) is 17.9. The molecule has 1 aromatic carbocycles. The number of benzene rings is 1. The minimum atomic E-state index is -0.208. The van der Waals surface area contributed by atoms with Crippen LogP contribution in [-0.4, -0.2) is 48.3 Å². The van der Waals surface area contributed by atoms with Crippen LogP contribution in [0.3, 0.4) is 0 Å². The number of amides is 2. The second-order valence-electron chi connectivity index (χ2n) is 6.76. The standard InChI is InChI=1S/C19H23N5O2/c1-2-20-19(25)22-15-5-3-14(4-6-15)18-21-8-7-17(23-18)24-10-13-9-16(11-24)26-12-13/h3-8,13,16H,2,9-12H2,1H3,(H2,20,22,25). The normalized spacial score (nSPS) is 21.5. The van der Waals surface area contributed by atoms with Gasteiger partial charge in [-0.15, -0.1) is 0 Å². The van der Waals surface area contributed by atoms with E-state index in [0.29, 0.717) is 24.4 Å². The van der Waals surface area contributed by atoms with Crippen LogP contribution < -0.4 is 15.5 Å². The fraction of sp³-hybridized carbons (Fsp3) is 0.421. The molecular formula is C19H23N5O2. The van der Waals surface area contributed by atoms with Gasteiger partial charge in [-0.25, -0.2) is 14.8 Å². The monoisotopic (exact) mass is 353 g/mol. The third-order valence-electron chi connectivity index (χ3n) is 4.77. The highest BCUT2D eigenvalue weighted by molar-refractivity contribution is 5.89. The first-order chi connectivity index (χ1) is 12.7. The molecule has 0 aliphatic carbocycles. The predicted molar refractivity (Wildman–Crippen MR) is 100 cm³/mol. The quantitative estimate of drug-likeness (QED) is 0.883. The van der Waals surface area contributed by atoms with E-state index in [9.17, 15) is 4.79 Å². The number of carbonyl (C=O) groups is 1. The molecule has 136 valence electrons. The first-order valence-electron chi connectivity index (χ1n) is 9.06. The summed E-state index contributed by atoms with van der Waals surface area (Å²) in [6.45, 7) is 5.21. The number of urea groups is 1. The molecule has 2 saturated heterocycles. The van der Waals surface area contributed by atoms with E-state index in [1.54, 1.807) is 6.20 Å². The molecule has 2 amide bonds. The molecule has 26 heavy (non-hydrogen) atoms. The van der Waals surface area contributed by atoms with E-state index in [0.717, 1.165) is 43.2 Å². The molecule has 0 saturated carbocycles. The van der Waals surface area contributed by atoms with Crippen LogP contribution >= 0.6 is 0 Å². The third kappa shape index (κ3) is 3.62. The molecule has 2 fully saturated rings. The van der Waals surface area contributed by atoms with E-state index in [-0.39, 0.29) is 6.03 Å². The molecule has 2 aliphatic heterocycles. The summed E-state index contributed by atoms with van der Waals surface area (Å²) in [6, 6.07) is 9.30. The van der Waals surface area contributed by atoms with Crippen molar-refractivity contribution in [3.8, 4) is 11.4 Å². The van der Waals surface area contributed by atoms with Crippen molar-refractivity contribution in [1.82, 2.24) is 15.3 Å². The SMILES string of the molecule is CCNC(=O)Nc1ccc(-c2nccc(N3CC4COC(C4)C3)n2)cc1. The number of hydrogen-bond donors (Lipinski definition) is 2. The molecule has 7 nitrogen and oxygen atoms in total. The number of nitrogens with one attached hydrogen (secondary N) is 2. The molecule has 2 aromatic rings. The maximum absolute atomic E-state index is 11.6. The van der Waals surface area contributed by atoms with Gasteiger partial charge in [-0.1, -0.05) is 0 Å². The first-order valence-corrected chi connectivity index (χ1v) is 9.06. The molecule has 2 atom stereocenters. The number of ether oxygens (including phenoxy) is 1. The summed E-state index contributed by atoms with van der Waals surface area (Å²) < 4.78 is 5.78. The van der Waals surface area contributed by atoms with Gasteiger partial charge >= 0.3 is 6.03 Å². The summed E-state index contributed by atoms with van der Waals surface area (Å²) in [5, 5.41) is 5.49. The molecule has 2 bridgehead atoms. The van der Waals surface area contributed by atoms with E-state index in [4.69, 9.17) is 9.72 Å². The van der Waals surface area contributed by atoms with Gasteiger partial charge in [0.2, 0.25) is 0 Å². The van der Waals surface area contributed by atoms with Crippen molar-refractivity contribution in [3.63, 3.8) is 0 Å². The van der Waals surface area contributed by atoms with Crippen LogP contribution in [0.5, 0.6) is 0 Å². The molecule has 2 aliphatic rings. The Morgan fingerprint density at radius 1 is 1.27 bits per heavy atom. The van der Waals surface area contributed by atoms with E-state index in [1.165, 1.54) is 0 Å². The summed E-state index contributed by atoms with van der Waals surface area (Å²) >= 11 is 0. The summed E-state index contributed by atoms with van der Waals surface area (Å²) in [5.41, 5.74) is 1.66. The molecule has 2 unspecified atom stereocenters. The van der Waals surface area contributed by atoms with Gasteiger partial charge in [-0.05, 0) is 43.7 Å². The van der Waals surface area contributed by atoms with Crippen LogP contribution in [0.4, 0.5) is 16.3 Å². The highest BCUT2D eigenvalue weighted by Crippen LogP contribution is 2.30. The van der Waals surface area contributed by atoms with Crippen LogP contribution in [0.2, 0.25) is 0 Å². The van der Waals surface area contributed by atoms with Gasteiger partial charge in [0.15, 0.2) is 5.82 Å². The maximum Gasteiger partial charge on any atom is 0.319 e. The van der Waals surface area contributed by atoms with E-state index < -0.39 is 0 Å². The lowest BCUT2D eigenvalue weighted by Gasteiger charge is -2.31. The van der Waals surface area contributed by atoms with Gasteiger partial charge in [-0.2, -0.15) is 0 Å². The average molecular weight is 353 g/mol. The number of piperidine rings is 1. The number of rotatable bonds is 4. The Morgan fingerprint density at radius 3 is 2.88 bits per heavy atom. The van der Waals surface area contributed by atoms with Crippen molar-refractivity contribution in [2.75, 3.05) is 36.5 Å². The largest absolute Gasteiger partial charge is 0.376 e. The highest BCUT2D eigenvalue weighted by Gasteiger charge is 2.34. The van der Waals surface area contributed by atoms with Crippen LogP contribution in [0.25, 0.3) is 11.4 Å². The van der Waals surface area contributed by atoms with Gasteiger partial charge in [0.25, 0.3) is 0 Å². The van der Waals surface area contributed by atoms with Crippen LogP contribution in [0.15, 0.2) is 36.5 Å². The zero-order valence-electron chi connectivity index (χ0n) is 14.8. The van der Waals surface area contributed by atoms with E-state index in [2.05, 4.69) is 20.5 Å². The van der Waals surface area contributed by atoms with Gasteiger partial charge in [-0.3, -0.25) is 0 Å². The Balaban J connectivity index is 1.48. The molecule has 4 rings (SSSR count). The van der Waals surface area contributed by atoms with E-state index in [1.807, 2.05) is 37.3 Å². The fourth-order valence-electron chi connectivity index (χ4n) is 3.56. The van der Waals surface area contributed by atoms with Crippen LogP contribution in [0, 0.1) is 5.92 Å². The summed E-state index contributed by atoms with van der Waals surface area (Å²) in [5.74, 6) is 2.23. The lowest BCUT2D eigenvalue weighted by Crippen LogP contribution is -2.39. The minimum absolute atomic E-state index is 0.208. The maximum atomic E-state index is 11.6. The number of carbonyl (C=O) groups excluding carboxylic acids is 1. The molecule has 7 heteroatoms. The summed E-state index contributed by atoms with van der Waals surface area (Å²) in [4.78, 5) is 23.0. The second kappa shape index (κ2) is 7.29. The molecule has 2 N–H and O–H groups in total. The Kier molecular flexibility index (Phi) is 4.71. The van der Waals surface area contributed by atoms with Gasteiger partial charge in [0.1, 0.15) is 5.82 Å². The van der Waals surface area contributed by atoms with Gasteiger partial charge in [0, 0.05) is 43.0 Å². The number of nitrogens with zero attached hydrogens (tertiary/aromatic N) is 3. The Bertz CT molecular complexity index is 768. The molecular weight excluding hydrogens is 330 g/mol. The Morgan fingerprint density at radius 2 is 2.12 bits per heavy atom. The van der Waals surface area contributed by atoms with Crippen LogP contribution in [-0.2, 0) is 4.74 Å². The van der Waals surface area contributed by atoms with Crippen molar-refractivity contribution in [2.45, 2.75) is 19.4 Å². The van der Waals surface area contributed by atoms with Crippen LogP contribution in [0.1, 0.15) is 13.3 Å². The third-order valence-corrected chi connectivity index (χ3v) is 4.77. The second-order valence-corrected chi connectivity index (χ2v) is 6.76. The van der Waals surface area contributed by atoms with Gasteiger partial charge < -0.3 is 20.3 Å². The van der Waals surface area contributed by atoms with Gasteiger partial charge in [0.05, 0.1) is 12.7 Å². The van der Waals surface area contributed by atoms with E-state index >= 15 is 0 Å². The highest BCUT2D eigenvalue weighted by atomic mass is 16.5. The van der Waals surface area contributed by atoms with Crippen molar-refractivity contribution in [2.24, 2.45) is 5.92 Å². The van der Waals surface area contributed by atoms with Crippen molar-refractivity contribution < 1.29 is 9.53 Å². The fourth-order valence-corrected chi connectivity index (χ4v) is 3.56. The molecule has 3 heterocycles. The number of hydrogen-bond acceptors (Lipinski definition) is 5. The Labute approximate surface area is 152 Å².